The Morgan fingerprint density at radius 3 is 2.08 bits per heavy atom. The van der Waals surface area contributed by atoms with E-state index in [9.17, 15) is 48.3 Å². The van der Waals surface area contributed by atoms with Gasteiger partial charge in [-0.2, -0.15) is 26.3 Å². The van der Waals surface area contributed by atoms with E-state index in [1.54, 1.807) is 0 Å². The zero-order valence-corrected chi connectivity index (χ0v) is 18.9. The average Bonchev–Trinajstić information content (AvgIpc) is 3.19. The van der Waals surface area contributed by atoms with Crippen molar-refractivity contribution >= 4 is 15.9 Å². The highest BCUT2D eigenvalue weighted by molar-refractivity contribution is 7.92. The van der Waals surface area contributed by atoms with Gasteiger partial charge in [-0.3, -0.25) is 0 Å². The summed E-state index contributed by atoms with van der Waals surface area (Å²) in [7, 11) is -4.52. The van der Waals surface area contributed by atoms with Crippen molar-refractivity contribution in [1.82, 2.24) is 4.90 Å². The minimum atomic E-state index is -6.34. The zero-order chi connectivity index (χ0) is 26.9. The van der Waals surface area contributed by atoms with E-state index < -0.39 is 56.1 Å². The molecule has 2 N–H and O–H groups in total. The first kappa shape index (κ1) is 26.2. The molecule has 2 amide bonds. The van der Waals surface area contributed by atoms with E-state index in [0.29, 0.717) is 6.07 Å². The van der Waals surface area contributed by atoms with Gasteiger partial charge in [0.2, 0.25) is 0 Å². The predicted octanol–water partition coefficient (Wildman–Crippen LogP) is 4.88. The number of aryl methyl sites for hydroxylation is 1. The summed E-state index contributed by atoms with van der Waals surface area (Å²) in [5.74, 6) is -0.750. The molecule has 5 nitrogen and oxygen atoms in total. The van der Waals surface area contributed by atoms with Gasteiger partial charge < -0.3 is 10.6 Å². The maximum atomic E-state index is 14.7. The highest BCUT2D eigenvalue weighted by atomic mass is 32.2. The molecule has 1 heterocycles. The molecule has 2 atom stereocenters. The summed E-state index contributed by atoms with van der Waals surface area (Å²) in [5, 5.41) is 0. The van der Waals surface area contributed by atoms with E-state index in [0.717, 1.165) is 35.2 Å². The molecule has 0 radical (unpaired) electrons. The summed E-state index contributed by atoms with van der Waals surface area (Å²) < 4.78 is 134. The number of primary amides is 1. The average molecular weight is 542 g/mol. The quantitative estimate of drug-likeness (QED) is 0.444. The maximum Gasteiger partial charge on any atom is 0.435 e. The summed E-state index contributed by atoms with van der Waals surface area (Å²) in [5.41, 5.74) is -2.43. The molecule has 0 spiro atoms. The molecular weight excluding hydrogens is 524 g/mol. The van der Waals surface area contributed by atoms with Gasteiger partial charge in [0.25, 0.3) is 0 Å². The lowest BCUT2D eigenvalue weighted by Gasteiger charge is -2.42. The Morgan fingerprint density at radius 1 is 0.972 bits per heavy atom. The second-order valence-electron chi connectivity index (χ2n) is 8.71. The summed E-state index contributed by atoms with van der Waals surface area (Å²) in [6, 6.07) is 2.97. The fraction of sp³-hybridized carbons (Fsp3) is 0.409. The fourth-order valence-electron chi connectivity index (χ4n) is 5.32. The summed E-state index contributed by atoms with van der Waals surface area (Å²) in [6.07, 6.45) is -13.4. The first-order valence-corrected chi connectivity index (χ1v) is 12.0. The number of likely N-dealkylation sites (tertiary alicyclic amines) is 1. The topological polar surface area (TPSA) is 80.5 Å². The standard InChI is InChI=1S/C22H18F8N2O3S/c23-14-3-5-15(6-4-14)36(34,35)19-9-10-32(18(31)33)17(19)8-1-12-11-13(2-7-16(12)19)20(24,21(25,26)27)22(28,29)30/h2-7,11,17H,1,8-10H2,(H2,31,33)/t17-,19-/m1/s1. The summed E-state index contributed by atoms with van der Waals surface area (Å²) >= 11 is 0. The second kappa shape index (κ2) is 8.05. The number of halogens is 8. The number of urea groups is 1. The van der Waals surface area contributed by atoms with Crippen LogP contribution in [0.5, 0.6) is 0 Å². The lowest BCUT2D eigenvalue weighted by molar-refractivity contribution is -0.348. The highest BCUT2D eigenvalue weighted by Gasteiger charge is 2.73. The van der Waals surface area contributed by atoms with E-state index >= 15 is 0 Å². The zero-order valence-electron chi connectivity index (χ0n) is 18.1. The molecule has 4 rings (SSSR count). The van der Waals surface area contributed by atoms with Gasteiger partial charge in [-0.05, 0) is 54.7 Å². The second-order valence-corrected chi connectivity index (χ2v) is 10.9. The normalized spacial score (nSPS) is 22.8. The predicted molar refractivity (Wildman–Crippen MR) is 110 cm³/mol. The van der Waals surface area contributed by atoms with Gasteiger partial charge in [0.05, 0.1) is 10.9 Å². The summed E-state index contributed by atoms with van der Waals surface area (Å²) in [6.45, 7) is -0.167. The number of sulfone groups is 1. The van der Waals surface area contributed by atoms with Crippen LogP contribution < -0.4 is 5.73 Å². The van der Waals surface area contributed by atoms with E-state index in [-0.39, 0.29) is 47.9 Å². The first-order valence-electron chi connectivity index (χ1n) is 10.5. The SMILES string of the molecule is NC(=O)N1CC[C@@]2(S(=O)(=O)c3ccc(F)cc3)c3ccc(C(F)(C(F)(F)F)C(F)(F)F)cc3CC[C@@H]12. The van der Waals surface area contributed by atoms with Crippen molar-refractivity contribution in [3.8, 4) is 0 Å². The van der Waals surface area contributed by atoms with Crippen molar-refractivity contribution in [2.24, 2.45) is 5.73 Å². The molecule has 2 aromatic rings. The molecule has 2 aliphatic rings. The van der Waals surface area contributed by atoms with Gasteiger partial charge in [0.15, 0.2) is 9.84 Å². The number of alkyl halides is 7. The lowest BCUT2D eigenvalue weighted by atomic mass is 9.77. The number of nitrogens with two attached hydrogens (primary N) is 1. The van der Waals surface area contributed by atoms with Crippen molar-refractivity contribution in [2.45, 2.75) is 53.0 Å². The van der Waals surface area contributed by atoms with Crippen LogP contribution >= 0.6 is 0 Å². The Morgan fingerprint density at radius 2 is 1.56 bits per heavy atom. The van der Waals surface area contributed by atoms with Crippen LogP contribution in [0.3, 0.4) is 0 Å². The number of fused-ring (bicyclic) bond motifs is 3. The van der Waals surface area contributed by atoms with Gasteiger partial charge in [-0.25, -0.2) is 22.0 Å². The van der Waals surface area contributed by atoms with Gasteiger partial charge in [-0.1, -0.05) is 18.2 Å². The molecule has 1 fully saturated rings. The number of carbonyl (C=O) groups excluding carboxylic acids is 1. The molecule has 14 heteroatoms. The number of hydrogen-bond acceptors (Lipinski definition) is 3. The van der Waals surface area contributed by atoms with Gasteiger partial charge in [0.1, 0.15) is 10.6 Å². The molecular formula is C22H18F8N2O3S. The summed E-state index contributed by atoms with van der Waals surface area (Å²) in [4.78, 5) is 12.7. The Balaban J connectivity index is 1.97. The number of rotatable bonds is 3. The van der Waals surface area contributed by atoms with E-state index in [1.807, 2.05) is 0 Å². The van der Waals surface area contributed by atoms with Crippen molar-refractivity contribution in [2.75, 3.05) is 6.54 Å². The molecule has 0 unspecified atom stereocenters. The minimum absolute atomic E-state index is 0.165. The van der Waals surface area contributed by atoms with Crippen LogP contribution in [0, 0.1) is 5.82 Å². The van der Waals surface area contributed by atoms with Gasteiger partial charge in [-0.15, -0.1) is 0 Å². The van der Waals surface area contributed by atoms with Gasteiger partial charge in [0, 0.05) is 12.1 Å². The van der Waals surface area contributed by atoms with Gasteiger partial charge >= 0.3 is 24.1 Å². The van der Waals surface area contributed by atoms with Crippen molar-refractivity contribution in [1.29, 1.82) is 0 Å². The van der Waals surface area contributed by atoms with Crippen LogP contribution in [0.2, 0.25) is 0 Å². The molecule has 0 saturated carbocycles. The molecule has 0 bridgehead atoms. The first-order chi connectivity index (χ1) is 16.5. The van der Waals surface area contributed by atoms with E-state index in [2.05, 4.69) is 0 Å². The fourth-order valence-corrected chi connectivity index (χ4v) is 7.68. The Kier molecular flexibility index (Phi) is 5.85. The number of benzene rings is 2. The third kappa shape index (κ3) is 3.47. The smallest absolute Gasteiger partial charge is 0.351 e. The lowest BCUT2D eigenvalue weighted by Crippen LogP contribution is -2.53. The van der Waals surface area contributed by atoms with Crippen molar-refractivity contribution in [3.05, 3.63) is 65.0 Å². The van der Waals surface area contributed by atoms with E-state index in [1.165, 1.54) is 0 Å². The molecule has 1 saturated heterocycles. The minimum Gasteiger partial charge on any atom is -0.351 e. The molecule has 196 valence electrons. The van der Waals surface area contributed by atoms with Crippen LogP contribution in [0.4, 0.5) is 39.9 Å². The van der Waals surface area contributed by atoms with Crippen molar-refractivity contribution < 1.29 is 48.3 Å². The number of nitrogens with zero attached hydrogens (tertiary/aromatic N) is 1. The molecule has 1 aliphatic heterocycles. The monoisotopic (exact) mass is 542 g/mol. The largest absolute Gasteiger partial charge is 0.435 e. The maximum absolute atomic E-state index is 14.7. The number of carbonyl (C=O) groups is 1. The van der Waals surface area contributed by atoms with Crippen LogP contribution in [0.15, 0.2) is 47.4 Å². The molecule has 1 aliphatic carbocycles. The molecule has 36 heavy (non-hydrogen) atoms. The van der Waals surface area contributed by atoms with Crippen LogP contribution in [0.1, 0.15) is 29.5 Å². The van der Waals surface area contributed by atoms with Crippen LogP contribution in [-0.4, -0.2) is 44.3 Å². The van der Waals surface area contributed by atoms with E-state index in [4.69, 9.17) is 5.73 Å². The Hall–Kier alpha value is -2.90. The highest BCUT2D eigenvalue weighted by Crippen LogP contribution is 2.56. The van der Waals surface area contributed by atoms with Crippen LogP contribution in [0.25, 0.3) is 0 Å². The molecule has 0 aromatic heterocycles. The third-order valence-electron chi connectivity index (χ3n) is 6.95. The number of hydrogen-bond donors (Lipinski definition) is 1. The van der Waals surface area contributed by atoms with Crippen molar-refractivity contribution in [3.63, 3.8) is 0 Å². The Bertz CT molecular complexity index is 1290. The Labute approximate surface area is 199 Å². The number of amides is 2. The third-order valence-corrected chi connectivity index (χ3v) is 9.50. The molecule has 2 aromatic carbocycles. The van der Waals surface area contributed by atoms with Crippen LogP contribution in [-0.2, 0) is 26.7 Å².